The highest BCUT2D eigenvalue weighted by Crippen LogP contribution is 2.30. The van der Waals surface area contributed by atoms with Crippen LogP contribution >= 0.6 is 0 Å². The molecule has 542 valence electrons. The summed E-state index contributed by atoms with van der Waals surface area (Å²) in [5.74, 6) is -3.72. The van der Waals surface area contributed by atoms with Crippen LogP contribution in [0.2, 0.25) is 0 Å². The van der Waals surface area contributed by atoms with Crippen molar-refractivity contribution in [2.24, 2.45) is 0 Å². The van der Waals surface area contributed by atoms with Crippen LogP contribution in [-0.2, 0) is 71.6 Å². The van der Waals surface area contributed by atoms with Crippen LogP contribution in [0.5, 0.6) is 0 Å². The maximum atomic E-state index is 13.9. The van der Waals surface area contributed by atoms with Gasteiger partial charge in [0, 0.05) is 95.0 Å². The van der Waals surface area contributed by atoms with Gasteiger partial charge in [0.25, 0.3) is 27.8 Å². The first-order valence-corrected chi connectivity index (χ1v) is 35.5. The molecule has 5 heterocycles. The van der Waals surface area contributed by atoms with Crippen molar-refractivity contribution >= 4 is 103 Å². The van der Waals surface area contributed by atoms with Gasteiger partial charge in [-0.25, -0.2) is 20.4 Å². The number of carbonyl (C=O) groups is 9. The fourth-order valence-electron chi connectivity index (χ4n) is 12.4. The number of carboxylic acid groups (broad SMARTS) is 2. The van der Waals surface area contributed by atoms with Gasteiger partial charge in [-0.05, 0) is 128 Å². The van der Waals surface area contributed by atoms with Crippen LogP contribution in [0.15, 0.2) is 132 Å². The molecule has 8 aromatic rings. The van der Waals surface area contributed by atoms with Gasteiger partial charge in [-0.3, -0.25) is 47.7 Å². The summed E-state index contributed by atoms with van der Waals surface area (Å²) in [6, 6.07) is 30.7. The van der Waals surface area contributed by atoms with E-state index < -0.39 is 70.7 Å². The second kappa shape index (κ2) is 34.8. The molecule has 0 fully saturated rings. The van der Waals surface area contributed by atoms with Crippen molar-refractivity contribution in [1.29, 1.82) is 0 Å². The summed E-state index contributed by atoms with van der Waals surface area (Å²) in [5.41, 5.74) is 12.4. The molecule has 0 bridgehead atoms. The lowest BCUT2D eigenvalue weighted by atomic mass is 10.1. The molecule has 3 atom stereocenters. The van der Waals surface area contributed by atoms with Crippen LogP contribution in [0.25, 0.3) is 22.1 Å². The molecule has 2 aliphatic rings. The van der Waals surface area contributed by atoms with E-state index in [0.29, 0.717) is 110 Å². The number of nitrogens with zero attached hydrogens (tertiary/aromatic N) is 7. The molecule has 2 aliphatic heterocycles. The summed E-state index contributed by atoms with van der Waals surface area (Å²) in [5, 5.41) is 34.2. The van der Waals surface area contributed by atoms with Crippen molar-refractivity contribution in [3.8, 4) is 0 Å². The Hall–Kier alpha value is -11.3. The molecule has 3 aromatic heterocycles. The number of para-hydroxylation sites is 4. The van der Waals surface area contributed by atoms with Crippen molar-refractivity contribution in [3.05, 3.63) is 173 Å². The molecule has 7 amide bonds. The quantitative estimate of drug-likeness (QED) is 0.0113. The minimum absolute atomic E-state index is 0.0264. The molecule has 0 radical (unpaired) electrons. The summed E-state index contributed by atoms with van der Waals surface area (Å²) in [7, 11) is -1.15. The number of H-pyrrole nitrogens is 2. The Kier molecular flexibility index (Phi) is 25.2. The first-order valence-electron chi connectivity index (χ1n) is 34.1. The Labute approximate surface area is 593 Å². The van der Waals surface area contributed by atoms with Gasteiger partial charge in [0.15, 0.2) is 0 Å². The number of hydrogen-bond acceptors (Lipinski definition) is 18. The van der Waals surface area contributed by atoms with Crippen molar-refractivity contribution in [2.75, 3.05) is 56.3 Å². The fourth-order valence-corrected chi connectivity index (χ4v) is 13.2. The number of carboxylic acids is 2. The number of carbonyl (C=O) groups excluding carboxylic acids is 7. The minimum atomic E-state index is -4.49. The number of nitrogens with one attached hydrogen (secondary N) is 9. The number of aliphatic carboxylic acids is 2. The van der Waals surface area contributed by atoms with E-state index in [1.54, 1.807) is 71.3 Å². The zero-order valence-electron chi connectivity index (χ0n) is 57.1. The Morgan fingerprint density at radius 1 is 0.612 bits per heavy atom. The number of fused-ring (bicyclic) bond motifs is 4. The third kappa shape index (κ3) is 20.5. The Bertz CT molecular complexity index is 4460. The van der Waals surface area contributed by atoms with Gasteiger partial charge < -0.3 is 71.8 Å². The standard InChI is InChI=1S/C72H84N16O14S/c1-85(43-62-79-53-18-8-9-19-54(53)80-62)69(96)45-23-26-51-49(35-45)41-87(71(98)58(77-51)37-65(90)91)33-15-5-3-13-31-73-64(89)30-28-57(83-67(94)48-25-29-61(75-39-48)84-76-40-47-17-7-12-22-60(47)103(100,101)102)68(95)74-32-14-4-6-16-34-88-42-50-36-46(24-27-52(50)78-59(72(88)99)38-66(92)93)70(97)86(2)44-63-81-55-20-10-11-21-56(55)82-63/h7-12,17-27,29,35-36,39,57-59,76-78H,3-6,13-16,28,30-34,37-38,40-44H2,1-2H3,(H,73,89)(H,74,95)(H,75,84)(H,79,80)(H,81,82)(H,83,94)(H,90,91)(H,92,93)(H,100,101,102)/t57-,58-,59+/m0/s1. The third-order valence-electron chi connectivity index (χ3n) is 17.8. The van der Waals surface area contributed by atoms with E-state index in [4.69, 9.17) is 0 Å². The highest BCUT2D eigenvalue weighted by Gasteiger charge is 2.34. The van der Waals surface area contributed by atoms with Crippen LogP contribution in [0.4, 0.5) is 17.2 Å². The lowest BCUT2D eigenvalue weighted by Crippen LogP contribution is -2.47. The van der Waals surface area contributed by atoms with Crippen LogP contribution in [0, 0.1) is 0 Å². The van der Waals surface area contributed by atoms with Crippen LogP contribution in [-0.4, -0.2) is 179 Å². The van der Waals surface area contributed by atoms with Gasteiger partial charge in [0.05, 0.1) is 58.5 Å². The number of rotatable bonds is 35. The number of anilines is 3. The average molecular weight is 1430 g/mol. The maximum Gasteiger partial charge on any atom is 0.305 e. The summed E-state index contributed by atoms with van der Waals surface area (Å²) < 4.78 is 33.4. The lowest BCUT2D eigenvalue weighted by Gasteiger charge is -2.24. The van der Waals surface area contributed by atoms with Crippen LogP contribution < -0.4 is 37.4 Å². The third-order valence-corrected chi connectivity index (χ3v) is 18.7. The smallest absolute Gasteiger partial charge is 0.305 e. The predicted octanol–water partition coefficient (Wildman–Crippen LogP) is 6.57. The van der Waals surface area contributed by atoms with Gasteiger partial charge in [0.1, 0.15) is 35.6 Å². The van der Waals surface area contributed by atoms with E-state index in [0.717, 1.165) is 22.1 Å². The topological polar surface area (TPSA) is 416 Å². The zero-order chi connectivity index (χ0) is 73.2. The SMILES string of the molecule is CN(Cc1nc2ccccc2[nH]1)C(=O)c1ccc2c(c1)CN(CCCCCCNC(=O)CC[C@H](NC(=O)c1ccc(NNCc3ccccc3S(=O)(=O)O)nc1)C(=O)NCCCCCCN1Cc3cc(C(=O)N(C)Cc4nc5ccccc5[nH]4)ccc3N[C@H](CC(=O)O)C1=O)C(=O)[C@H](CC(=O)O)N2. The molecule has 0 saturated carbocycles. The highest BCUT2D eigenvalue weighted by atomic mass is 32.2. The summed E-state index contributed by atoms with van der Waals surface area (Å²) >= 11 is 0. The molecule has 0 aliphatic carbocycles. The molecule has 0 saturated heterocycles. The minimum Gasteiger partial charge on any atom is -0.481 e. The van der Waals surface area contributed by atoms with E-state index in [1.807, 2.05) is 48.5 Å². The van der Waals surface area contributed by atoms with Crippen molar-refractivity contribution in [1.82, 2.24) is 65.9 Å². The molecular weight excluding hydrogens is 1340 g/mol. The first kappa shape index (κ1) is 74.4. The van der Waals surface area contributed by atoms with E-state index >= 15 is 0 Å². The Morgan fingerprint density at radius 2 is 1.11 bits per heavy atom. The lowest BCUT2D eigenvalue weighted by molar-refractivity contribution is -0.141. The number of hydrazine groups is 1. The van der Waals surface area contributed by atoms with E-state index in [2.05, 4.69) is 62.4 Å². The van der Waals surface area contributed by atoms with Crippen LogP contribution in [0.1, 0.15) is 136 Å². The van der Waals surface area contributed by atoms with E-state index in [9.17, 15) is 66.3 Å². The summed E-state index contributed by atoms with van der Waals surface area (Å²) in [6.45, 7) is 1.75. The molecule has 103 heavy (non-hydrogen) atoms. The van der Waals surface area contributed by atoms with E-state index in [1.165, 1.54) is 41.4 Å². The molecule has 0 spiro atoms. The molecule has 0 unspecified atom stereocenters. The van der Waals surface area contributed by atoms with Crippen molar-refractivity contribution < 1.29 is 66.3 Å². The molecule has 12 N–H and O–H groups in total. The Morgan fingerprint density at radius 3 is 1.61 bits per heavy atom. The monoisotopic (exact) mass is 1430 g/mol. The number of benzene rings is 5. The van der Waals surface area contributed by atoms with Crippen molar-refractivity contribution in [3.63, 3.8) is 0 Å². The molecule has 30 nitrogen and oxygen atoms in total. The van der Waals surface area contributed by atoms with Gasteiger partial charge in [-0.2, -0.15) is 8.42 Å². The van der Waals surface area contributed by atoms with Gasteiger partial charge in [0.2, 0.25) is 23.6 Å². The summed E-state index contributed by atoms with van der Waals surface area (Å²) in [6.07, 6.45) is 4.86. The van der Waals surface area contributed by atoms with Gasteiger partial charge in [-0.15, -0.1) is 0 Å². The molecule has 31 heteroatoms. The molecular formula is C72H84N16O14S. The fraction of sp³-hybridized carbons (Fsp3) is 0.361. The zero-order valence-corrected chi connectivity index (χ0v) is 57.9. The van der Waals surface area contributed by atoms with Gasteiger partial charge in [-0.1, -0.05) is 68.1 Å². The predicted molar refractivity (Wildman–Crippen MR) is 381 cm³/mol. The highest BCUT2D eigenvalue weighted by molar-refractivity contribution is 7.85. The Balaban J connectivity index is 0.698. The maximum absolute atomic E-state index is 13.9. The van der Waals surface area contributed by atoms with Crippen LogP contribution in [0.3, 0.4) is 0 Å². The summed E-state index contributed by atoms with van der Waals surface area (Å²) in [4.78, 5) is 146. The normalized spacial score (nSPS) is 14.6. The second-order valence-electron chi connectivity index (χ2n) is 25.6. The number of imidazole rings is 2. The number of pyridine rings is 1. The number of hydrogen-bond donors (Lipinski definition) is 12. The number of unbranched alkanes of at least 4 members (excludes halogenated alkanes) is 6. The number of amides is 7. The number of aromatic amines is 2. The van der Waals surface area contributed by atoms with Crippen molar-refractivity contribution in [2.45, 2.75) is 133 Å². The largest absolute Gasteiger partial charge is 0.481 e. The van der Waals surface area contributed by atoms with E-state index in [-0.39, 0.29) is 104 Å². The van der Waals surface area contributed by atoms with Gasteiger partial charge >= 0.3 is 11.9 Å². The average Bonchev–Trinajstić information content (AvgIpc) is 1.71. The molecule has 10 rings (SSSR count). The first-order chi connectivity index (χ1) is 49.5. The second-order valence-corrected chi connectivity index (χ2v) is 27.0. The molecule has 5 aromatic carbocycles. The number of aromatic nitrogens is 5.